The fourth-order valence-corrected chi connectivity index (χ4v) is 6.19. The molecule has 220 valence electrons. The minimum Gasteiger partial charge on any atom is -0.492 e. The number of rotatable bonds is 14. The van der Waals surface area contributed by atoms with Crippen LogP contribution in [0.15, 0.2) is 82.6 Å². The third-order valence-corrected chi connectivity index (χ3v) is 9.07. The number of sulfonamides is 1. The summed E-state index contributed by atoms with van der Waals surface area (Å²) in [7, 11) is -4.21. The van der Waals surface area contributed by atoms with Gasteiger partial charge in [0.25, 0.3) is 10.0 Å². The summed E-state index contributed by atoms with van der Waals surface area (Å²) in [5.41, 5.74) is 0.931. The van der Waals surface area contributed by atoms with Gasteiger partial charge in [-0.1, -0.05) is 42.8 Å². The summed E-state index contributed by atoms with van der Waals surface area (Å²) in [5.74, 6) is -0.569. The second-order valence-corrected chi connectivity index (χ2v) is 12.4. The number of anilines is 1. The molecular weight excluding hydrogens is 582 g/mol. The van der Waals surface area contributed by atoms with Gasteiger partial charge in [-0.3, -0.25) is 13.9 Å². The maximum absolute atomic E-state index is 14.1. The fourth-order valence-electron chi connectivity index (χ4n) is 4.14. The summed E-state index contributed by atoms with van der Waals surface area (Å²) in [5, 5.41) is 3.32. The highest BCUT2D eigenvalue weighted by molar-refractivity contribution is 7.98. The lowest BCUT2D eigenvalue weighted by atomic mass is 10.1. The molecule has 2 amide bonds. The van der Waals surface area contributed by atoms with Gasteiger partial charge in [-0.25, -0.2) is 8.42 Å². The number of para-hydroxylation sites is 2. The quantitative estimate of drug-likeness (QED) is 0.237. The van der Waals surface area contributed by atoms with Gasteiger partial charge >= 0.3 is 0 Å². The molecule has 0 saturated carbocycles. The molecule has 1 N–H and O–H groups in total. The first kappa shape index (κ1) is 32.3. The number of carbonyl (C=O) groups is 2. The van der Waals surface area contributed by atoms with Crippen LogP contribution in [0.2, 0.25) is 5.02 Å². The maximum Gasteiger partial charge on any atom is 0.264 e. The molecule has 0 aliphatic heterocycles. The van der Waals surface area contributed by atoms with Crippen LogP contribution in [-0.4, -0.2) is 57.1 Å². The topological polar surface area (TPSA) is 96.0 Å². The molecule has 1 atom stereocenters. The Kier molecular flexibility index (Phi) is 11.9. The number of amides is 2. The molecule has 3 aromatic carbocycles. The first-order valence-electron chi connectivity index (χ1n) is 13.3. The molecular formula is C30H36ClN3O5S2. The molecule has 0 aromatic heterocycles. The summed E-state index contributed by atoms with van der Waals surface area (Å²) in [6, 6.07) is 19.3. The third kappa shape index (κ3) is 8.40. The second-order valence-electron chi connectivity index (χ2n) is 9.21. The molecule has 0 aliphatic rings. The Bertz CT molecular complexity index is 1430. The van der Waals surface area contributed by atoms with Crippen LogP contribution in [0.5, 0.6) is 5.75 Å². The van der Waals surface area contributed by atoms with Crippen molar-refractivity contribution in [3.05, 3.63) is 83.4 Å². The normalized spacial score (nSPS) is 11.9. The Morgan fingerprint density at radius 2 is 1.73 bits per heavy atom. The molecule has 0 bridgehead atoms. The molecule has 0 heterocycles. The Balaban J connectivity index is 2.07. The monoisotopic (exact) mass is 617 g/mol. The van der Waals surface area contributed by atoms with Crippen molar-refractivity contribution in [3.63, 3.8) is 0 Å². The zero-order chi connectivity index (χ0) is 30.0. The van der Waals surface area contributed by atoms with E-state index in [1.165, 1.54) is 28.8 Å². The van der Waals surface area contributed by atoms with Crippen molar-refractivity contribution in [2.75, 3.05) is 30.3 Å². The molecule has 0 aliphatic carbocycles. The molecule has 0 radical (unpaired) electrons. The average molecular weight is 618 g/mol. The van der Waals surface area contributed by atoms with Crippen LogP contribution in [-0.2, 0) is 26.2 Å². The SMILES string of the molecule is CCCNC(=O)C(C)N(Cc1cccc(Cl)c1)C(=O)CN(c1ccccc1OCC)S(=O)(=O)c1ccc(SC)cc1. The summed E-state index contributed by atoms with van der Waals surface area (Å²) in [4.78, 5) is 29.4. The van der Waals surface area contributed by atoms with E-state index in [0.717, 1.165) is 15.6 Å². The number of halogens is 1. The summed E-state index contributed by atoms with van der Waals surface area (Å²) < 4.78 is 35.0. The molecule has 1 unspecified atom stereocenters. The molecule has 8 nitrogen and oxygen atoms in total. The standard InChI is InChI=1S/C30H36ClN3O5S2/c1-5-18-32-30(36)22(3)33(20-23-10-9-11-24(31)19-23)29(35)21-34(27-12-7-8-13-28(27)39-6-2)41(37,38)26-16-14-25(40-4)15-17-26/h7-17,19,22H,5-6,18,20-21H2,1-4H3,(H,32,36). The van der Waals surface area contributed by atoms with E-state index < -0.39 is 28.5 Å². The summed E-state index contributed by atoms with van der Waals surface area (Å²) in [6.45, 7) is 5.62. The van der Waals surface area contributed by atoms with Gasteiger partial charge in [-0.2, -0.15) is 0 Å². The number of benzene rings is 3. The van der Waals surface area contributed by atoms with Crippen molar-refractivity contribution in [1.82, 2.24) is 10.2 Å². The van der Waals surface area contributed by atoms with Crippen molar-refractivity contribution in [3.8, 4) is 5.75 Å². The van der Waals surface area contributed by atoms with Gasteiger partial charge in [0.1, 0.15) is 18.3 Å². The van der Waals surface area contributed by atoms with E-state index in [2.05, 4.69) is 5.32 Å². The lowest BCUT2D eigenvalue weighted by Crippen LogP contribution is -2.51. The Morgan fingerprint density at radius 1 is 1.02 bits per heavy atom. The minimum absolute atomic E-state index is 0.0320. The molecule has 0 fully saturated rings. The van der Waals surface area contributed by atoms with Crippen LogP contribution in [0.4, 0.5) is 5.69 Å². The summed E-state index contributed by atoms with van der Waals surface area (Å²) in [6.07, 6.45) is 2.63. The maximum atomic E-state index is 14.1. The predicted octanol–water partition coefficient (Wildman–Crippen LogP) is 5.60. The van der Waals surface area contributed by atoms with Crippen LogP contribution in [0.1, 0.15) is 32.8 Å². The first-order chi connectivity index (χ1) is 19.6. The fraction of sp³-hybridized carbons (Fsp3) is 0.333. The number of carbonyl (C=O) groups excluding carboxylic acids is 2. The molecule has 41 heavy (non-hydrogen) atoms. The van der Waals surface area contributed by atoms with Gasteiger partial charge in [0.15, 0.2) is 0 Å². The van der Waals surface area contributed by atoms with E-state index in [1.807, 2.05) is 13.2 Å². The molecule has 3 aromatic rings. The van der Waals surface area contributed by atoms with Gasteiger partial charge in [0.2, 0.25) is 11.8 Å². The van der Waals surface area contributed by atoms with Gasteiger partial charge in [0.05, 0.1) is 17.2 Å². The van der Waals surface area contributed by atoms with Gasteiger partial charge in [-0.05, 0) is 80.6 Å². The molecule has 3 rings (SSSR count). The van der Waals surface area contributed by atoms with Crippen LogP contribution >= 0.6 is 23.4 Å². The highest BCUT2D eigenvalue weighted by atomic mass is 35.5. The number of hydrogen-bond donors (Lipinski definition) is 1. The third-order valence-electron chi connectivity index (χ3n) is 6.32. The number of ether oxygens (including phenoxy) is 1. The van der Waals surface area contributed by atoms with Crippen molar-refractivity contribution in [2.45, 2.75) is 49.6 Å². The van der Waals surface area contributed by atoms with E-state index in [1.54, 1.807) is 74.5 Å². The lowest BCUT2D eigenvalue weighted by molar-refractivity contribution is -0.139. The van der Waals surface area contributed by atoms with Crippen LogP contribution in [0, 0.1) is 0 Å². The van der Waals surface area contributed by atoms with Gasteiger partial charge in [0, 0.05) is 23.0 Å². The minimum atomic E-state index is -4.21. The van der Waals surface area contributed by atoms with Crippen molar-refractivity contribution < 1.29 is 22.7 Å². The van der Waals surface area contributed by atoms with Gasteiger partial charge < -0.3 is 15.0 Å². The van der Waals surface area contributed by atoms with E-state index in [0.29, 0.717) is 29.5 Å². The molecule has 11 heteroatoms. The zero-order valence-corrected chi connectivity index (χ0v) is 26.1. The molecule has 0 saturated heterocycles. The van der Waals surface area contributed by atoms with E-state index >= 15 is 0 Å². The smallest absolute Gasteiger partial charge is 0.264 e. The number of thioether (sulfide) groups is 1. The van der Waals surface area contributed by atoms with E-state index in [9.17, 15) is 18.0 Å². The zero-order valence-electron chi connectivity index (χ0n) is 23.7. The molecule has 0 spiro atoms. The van der Waals surface area contributed by atoms with E-state index in [4.69, 9.17) is 16.3 Å². The Labute approximate surface area is 252 Å². The first-order valence-corrected chi connectivity index (χ1v) is 16.4. The van der Waals surface area contributed by atoms with Gasteiger partial charge in [-0.15, -0.1) is 11.8 Å². The number of nitrogens with zero attached hydrogens (tertiary/aromatic N) is 2. The van der Waals surface area contributed by atoms with Crippen LogP contribution in [0.3, 0.4) is 0 Å². The summed E-state index contributed by atoms with van der Waals surface area (Å²) >= 11 is 7.69. The van der Waals surface area contributed by atoms with Crippen molar-refractivity contribution in [2.24, 2.45) is 0 Å². The number of hydrogen-bond acceptors (Lipinski definition) is 6. The second kappa shape index (κ2) is 15.1. The number of nitrogens with one attached hydrogen (secondary N) is 1. The average Bonchev–Trinajstić information content (AvgIpc) is 2.97. The lowest BCUT2D eigenvalue weighted by Gasteiger charge is -2.32. The predicted molar refractivity (Wildman–Crippen MR) is 165 cm³/mol. The Hall–Kier alpha value is -3.21. The van der Waals surface area contributed by atoms with Crippen LogP contribution in [0.25, 0.3) is 0 Å². The largest absolute Gasteiger partial charge is 0.492 e. The highest BCUT2D eigenvalue weighted by Gasteiger charge is 2.33. The Morgan fingerprint density at radius 3 is 2.37 bits per heavy atom. The highest BCUT2D eigenvalue weighted by Crippen LogP contribution is 2.33. The van der Waals surface area contributed by atoms with Crippen LogP contribution < -0.4 is 14.4 Å². The van der Waals surface area contributed by atoms with Crippen molar-refractivity contribution in [1.29, 1.82) is 0 Å². The van der Waals surface area contributed by atoms with E-state index in [-0.39, 0.29) is 23.0 Å². The van der Waals surface area contributed by atoms with Crippen molar-refractivity contribution >= 4 is 50.9 Å².